The van der Waals surface area contributed by atoms with Crippen LogP contribution in [0.3, 0.4) is 0 Å². The highest BCUT2D eigenvalue weighted by atomic mass is 19.1. The molecule has 2 atom stereocenters. The van der Waals surface area contributed by atoms with Crippen LogP contribution < -0.4 is 10.6 Å². The van der Waals surface area contributed by atoms with Crippen LogP contribution >= 0.6 is 0 Å². The molecule has 1 aliphatic heterocycles. The van der Waals surface area contributed by atoms with Crippen LogP contribution in [-0.2, 0) is 0 Å². The summed E-state index contributed by atoms with van der Waals surface area (Å²) in [6.45, 7) is 5.22. The summed E-state index contributed by atoms with van der Waals surface area (Å²) < 4.78 is 13.4. The third-order valence-corrected chi connectivity index (χ3v) is 4.04. The highest BCUT2D eigenvalue weighted by Crippen LogP contribution is 2.32. The second-order valence-electron chi connectivity index (χ2n) is 5.62. The predicted molar refractivity (Wildman–Crippen MR) is 78.9 cm³/mol. The molecule has 0 saturated carbocycles. The maximum atomic E-state index is 13.4. The predicted octanol–water partition coefficient (Wildman–Crippen LogP) is 4.00. The van der Waals surface area contributed by atoms with Crippen LogP contribution in [0.5, 0.6) is 0 Å². The van der Waals surface area contributed by atoms with Gasteiger partial charge in [0.1, 0.15) is 5.82 Å². The average molecular weight is 264 g/mol. The normalized spacial score (nSPS) is 21.5. The summed E-state index contributed by atoms with van der Waals surface area (Å²) in [5, 5.41) is 0. The maximum Gasteiger partial charge on any atom is 0.123 e. The topological polar surface area (TPSA) is 29.3 Å². The molecule has 106 valence electrons. The molecule has 0 bridgehead atoms. The number of hydrogen-bond donors (Lipinski definition) is 1. The van der Waals surface area contributed by atoms with Gasteiger partial charge in [-0.25, -0.2) is 4.39 Å². The van der Waals surface area contributed by atoms with E-state index < -0.39 is 0 Å². The van der Waals surface area contributed by atoms with E-state index in [0.29, 0.717) is 6.04 Å². The molecule has 0 amide bonds. The Kier molecular flexibility index (Phi) is 4.81. The number of nitrogens with two attached hydrogens (primary N) is 1. The molecule has 0 aromatic heterocycles. The number of anilines is 1. The molecule has 1 unspecified atom stereocenters. The summed E-state index contributed by atoms with van der Waals surface area (Å²) in [5.74, 6) is -0.194. The summed E-state index contributed by atoms with van der Waals surface area (Å²) in [7, 11) is 0. The van der Waals surface area contributed by atoms with Gasteiger partial charge in [-0.05, 0) is 56.4 Å². The Morgan fingerprint density at radius 2 is 2.21 bits per heavy atom. The van der Waals surface area contributed by atoms with Crippen molar-refractivity contribution in [2.75, 3.05) is 11.4 Å². The molecule has 2 rings (SSSR count). The fraction of sp³-hybridized carbons (Fsp3) is 0.625. The van der Waals surface area contributed by atoms with E-state index >= 15 is 0 Å². The van der Waals surface area contributed by atoms with E-state index in [9.17, 15) is 4.39 Å². The lowest BCUT2D eigenvalue weighted by Gasteiger charge is -2.39. The van der Waals surface area contributed by atoms with Crippen LogP contribution in [-0.4, -0.2) is 12.6 Å². The molecular formula is C16H25FN2. The first-order chi connectivity index (χ1) is 9.13. The van der Waals surface area contributed by atoms with E-state index in [0.717, 1.165) is 17.8 Å². The summed E-state index contributed by atoms with van der Waals surface area (Å²) in [6.07, 6.45) is 6.15. The van der Waals surface area contributed by atoms with Crippen molar-refractivity contribution >= 4 is 5.69 Å². The summed E-state index contributed by atoms with van der Waals surface area (Å²) in [4.78, 5) is 2.45. The first kappa shape index (κ1) is 14.3. The van der Waals surface area contributed by atoms with E-state index in [4.69, 9.17) is 5.73 Å². The Morgan fingerprint density at radius 1 is 1.42 bits per heavy atom. The molecule has 2 nitrogen and oxygen atoms in total. The van der Waals surface area contributed by atoms with Gasteiger partial charge in [0.25, 0.3) is 0 Å². The number of nitrogens with zero attached hydrogens (tertiary/aromatic N) is 1. The Balaban J connectivity index is 2.32. The highest BCUT2D eigenvalue weighted by Gasteiger charge is 2.24. The lowest BCUT2D eigenvalue weighted by Crippen LogP contribution is -2.40. The standard InChI is InChI=1S/C16H25FN2/c1-3-6-14-7-4-5-10-19(14)16-9-8-13(17)11-15(16)12(2)18/h8-9,11-12,14H,3-7,10,18H2,1-2H3/t12-,14?/m0/s1. The van der Waals surface area contributed by atoms with E-state index in [1.54, 1.807) is 12.1 Å². The number of benzene rings is 1. The Morgan fingerprint density at radius 3 is 2.89 bits per heavy atom. The minimum Gasteiger partial charge on any atom is -0.368 e. The molecule has 0 radical (unpaired) electrons. The molecule has 1 aliphatic rings. The van der Waals surface area contributed by atoms with Crippen molar-refractivity contribution in [2.45, 2.75) is 58.0 Å². The minimum atomic E-state index is -0.194. The van der Waals surface area contributed by atoms with Crippen LogP contribution in [0.1, 0.15) is 57.6 Å². The van der Waals surface area contributed by atoms with Gasteiger partial charge in [0.2, 0.25) is 0 Å². The second-order valence-corrected chi connectivity index (χ2v) is 5.62. The highest BCUT2D eigenvalue weighted by molar-refractivity contribution is 5.56. The fourth-order valence-corrected chi connectivity index (χ4v) is 3.10. The van der Waals surface area contributed by atoms with Crippen molar-refractivity contribution in [2.24, 2.45) is 5.73 Å². The molecule has 1 fully saturated rings. The SMILES string of the molecule is CCCC1CCCCN1c1ccc(F)cc1[C@H](C)N. The van der Waals surface area contributed by atoms with E-state index in [-0.39, 0.29) is 11.9 Å². The monoisotopic (exact) mass is 264 g/mol. The van der Waals surface area contributed by atoms with Crippen molar-refractivity contribution in [3.8, 4) is 0 Å². The molecule has 1 aromatic carbocycles. The van der Waals surface area contributed by atoms with E-state index in [2.05, 4.69) is 11.8 Å². The lowest BCUT2D eigenvalue weighted by molar-refractivity contribution is 0.433. The summed E-state index contributed by atoms with van der Waals surface area (Å²) in [5.41, 5.74) is 8.08. The van der Waals surface area contributed by atoms with Gasteiger partial charge in [0, 0.05) is 24.3 Å². The van der Waals surface area contributed by atoms with E-state index in [1.807, 2.05) is 13.0 Å². The Hall–Kier alpha value is -1.09. The zero-order valence-corrected chi connectivity index (χ0v) is 12.0. The number of rotatable bonds is 4. The van der Waals surface area contributed by atoms with Gasteiger partial charge in [0.05, 0.1) is 0 Å². The quantitative estimate of drug-likeness (QED) is 0.890. The first-order valence-electron chi connectivity index (χ1n) is 7.45. The van der Waals surface area contributed by atoms with Crippen molar-refractivity contribution in [1.82, 2.24) is 0 Å². The molecule has 3 heteroatoms. The summed E-state index contributed by atoms with van der Waals surface area (Å²) >= 11 is 0. The summed E-state index contributed by atoms with van der Waals surface area (Å²) in [6, 6.07) is 5.51. The molecule has 19 heavy (non-hydrogen) atoms. The van der Waals surface area contributed by atoms with Crippen molar-refractivity contribution in [1.29, 1.82) is 0 Å². The van der Waals surface area contributed by atoms with Gasteiger partial charge >= 0.3 is 0 Å². The van der Waals surface area contributed by atoms with Gasteiger partial charge in [-0.1, -0.05) is 13.3 Å². The number of piperidine rings is 1. The van der Waals surface area contributed by atoms with Gasteiger partial charge in [0.15, 0.2) is 0 Å². The third-order valence-electron chi connectivity index (χ3n) is 4.04. The molecular weight excluding hydrogens is 239 g/mol. The van der Waals surface area contributed by atoms with Gasteiger partial charge in [-0.15, -0.1) is 0 Å². The van der Waals surface area contributed by atoms with Gasteiger partial charge in [-0.2, -0.15) is 0 Å². The second kappa shape index (κ2) is 6.38. The molecule has 0 spiro atoms. The lowest BCUT2D eigenvalue weighted by atomic mass is 9.95. The number of halogens is 1. The molecule has 0 aliphatic carbocycles. The molecule has 1 saturated heterocycles. The van der Waals surface area contributed by atoms with Crippen molar-refractivity contribution in [3.05, 3.63) is 29.6 Å². The Labute approximate surface area is 115 Å². The smallest absolute Gasteiger partial charge is 0.123 e. The Bertz CT molecular complexity index is 415. The largest absolute Gasteiger partial charge is 0.368 e. The van der Waals surface area contributed by atoms with Crippen molar-refractivity contribution < 1.29 is 4.39 Å². The number of hydrogen-bond acceptors (Lipinski definition) is 2. The van der Waals surface area contributed by atoms with Crippen molar-refractivity contribution in [3.63, 3.8) is 0 Å². The minimum absolute atomic E-state index is 0.130. The van der Waals surface area contributed by atoms with E-state index in [1.165, 1.54) is 32.1 Å². The molecule has 1 aromatic rings. The van der Waals surface area contributed by atoms with Crippen LogP contribution in [0, 0.1) is 5.82 Å². The molecule has 2 N–H and O–H groups in total. The first-order valence-corrected chi connectivity index (χ1v) is 7.45. The van der Waals surface area contributed by atoms with Crippen LogP contribution in [0.25, 0.3) is 0 Å². The zero-order valence-electron chi connectivity index (χ0n) is 12.0. The van der Waals surface area contributed by atoms with Crippen LogP contribution in [0.15, 0.2) is 18.2 Å². The van der Waals surface area contributed by atoms with Gasteiger partial charge < -0.3 is 10.6 Å². The van der Waals surface area contributed by atoms with Crippen LogP contribution in [0.2, 0.25) is 0 Å². The van der Waals surface area contributed by atoms with Gasteiger partial charge in [-0.3, -0.25) is 0 Å². The fourth-order valence-electron chi connectivity index (χ4n) is 3.10. The maximum absolute atomic E-state index is 13.4. The van der Waals surface area contributed by atoms with Crippen LogP contribution in [0.4, 0.5) is 10.1 Å². The average Bonchev–Trinajstić information content (AvgIpc) is 2.40. The zero-order chi connectivity index (χ0) is 13.8. The third kappa shape index (κ3) is 3.27. The molecule has 1 heterocycles.